The van der Waals surface area contributed by atoms with Gasteiger partial charge in [0.2, 0.25) is 5.91 Å². The van der Waals surface area contributed by atoms with E-state index in [1.165, 1.54) is 0 Å². The molecule has 2 atom stereocenters. The van der Waals surface area contributed by atoms with Gasteiger partial charge in [-0.05, 0) is 33.2 Å². The van der Waals surface area contributed by atoms with Gasteiger partial charge in [-0.15, -0.1) is 0 Å². The fourth-order valence-corrected chi connectivity index (χ4v) is 3.85. The number of hydrogen-bond acceptors (Lipinski definition) is 5. The average Bonchev–Trinajstić information content (AvgIpc) is 2.93. The monoisotopic (exact) mass is 316 g/mol. The Morgan fingerprint density at radius 2 is 2.05 bits per heavy atom. The molecule has 6 heteroatoms. The number of aliphatic hydroxyl groups excluding tert-OH is 1. The zero-order valence-electron chi connectivity index (χ0n) is 13.2. The van der Waals surface area contributed by atoms with Crippen LogP contribution < -0.4 is 0 Å². The molecule has 21 heavy (non-hydrogen) atoms. The summed E-state index contributed by atoms with van der Waals surface area (Å²) in [6.45, 7) is 7.44. The third-order valence-electron chi connectivity index (χ3n) is 4.04. The van der Waals surface area contributed by atoms with E-state index in [1.807, 2.05) is 30.5 Å². The van der Waals surface area contributed by atoms with E-state index in [1.54, 1.807) is 0 Å². The van der Waals surface area contributed by atoms with Gasteiger partial charge in [0, 0.05) is 31.1 Å². The van der Waals surface area contributed by atoms with Gasteiger partial charge < -0.3 is 14.7 Å². The molecular weight excluding hydrogens is 288 g/mol. The van der Waals surface area contributed by atoms with Gasteiger partial charge in [0.05, 0.1) is 24.9 Å². The minimum Gasteiger partial charge on any atom is -0.389 e. The van der Waals surface area contributed by atoms with E-state index in [-0.39, 0.29) is 18.1 Å². The van der Waals surface area contributed by atoms with Gasteiger partial charge in [-0.3, -0.25) is 9.69 Å². The Morgan fingerprint density at radius 3 is 2.71 bits per heavy atom. The van der Waals surface area contributed by atoms with Crippen LogP contribution in [0.15, 0.2) is 0 Å². The Bertz CT molecular complexity index is 335. The number of β-amino-alcohol motifs (C(OH)–C–C–N with tert-alkyl or cyclic N) is 1. The van der Waals surface area contributed by atoms with Crippen LogP contribution in [0.5, 0.6) is 0 Å². The molecule has 2 aliphatic heterocycles. The molecule has 2 aliphatic rings. The molecule has 2 saturated heterocycles. The maximum absolute atomic E-state index is 12.6. The van der Waals surface area contributed by atoms with Gasteiger partial charge in [-0.2, -0.15) is 11.8 Å². The summed E-state index contributed by atoms with van der Waals surface area (Å²) in [6, 6.07) is -0.0400. The first-order chi connectivity index (χ1) is 10.1. The maximum atomic E-state index is 12.6. The Labute approximate surface area is 132 Å². The Kier molecular flexibility index (Phi) is 6.79. The largest absolute Gasteiger partial charge is 0.389 e. The van der Waals surface area contributed by atoms with Crippen LogP contribution >= 0.6 is 11.8 Å². The summed E-state index contributed by atoms with van der Waals surface area (Å²) in [7, 11) is 0. The van der Waals surface area contributed by atoms with Crippen LogP contribution in [0.3, 0.4) is 0 Å². The number of aliphatic hydroxyl groups is 1. The lowest BCUT2D eigenvalue weighted by Gasteiger charge is -2.33. The molecule has 2 rings (SSSR count). The summed E-state index contributed by atoms with van der Waals surface area (Å²) < 4.78 is 5.45. The highest BCUT2D eigenvalue weighted by Gasteiger charge is 2.34. The lowest BCUT2D eigenvalue weighted by Crippen LogP contribution is -2.50. The summed E-state index contributed by atoms with van der Waals surface area (Å²) >= 11 is 1.92. The number of carbonyl (C=O) groups excluding carboxylic acids is 1. The molecule has 0 aromatic rings. The fourth-order valence-electron chi connectivity index (χ4n) is 2.95. The topological polar surface area (TPSA) is 53.0 Å². The molecule has 2 fully saturated rings. The van der Waals surface area contributed by atoms with Crippen LogP contribution in [-0.2, 0) is 9.53 Å². The van der Waals surface area contributed by atoms with Crippen molar-refractivity contribution in [3.63, 3.8) is 0 Å². The summed E-state index contributed by atoms with van der Waals surface area (Å²) in [4.78, 5) is 16.8. The number of nitrogens with zero attached hydrogens (tertiary/aromatic N) is 2. The van der Waals surface area contributed by atoms with Gasteiger partial charge >= 0.3 is 0 Å². The van der Waals surface area contributed by atoms with Gasteiger partial charge in [0.15, 0.2) is 0 Å². The van der Waals surface area contributed by atoms with E-state index in [9.17, 15) is 9.90 Å². The number of ether oxygens (including phenoxy) is 1. The number of amides is 1. The Hall–Kier alpha value is -0.300. The maximum Gasteiger partial charge on any atom is 0.239 e. The number of rotatable bonds is 6. The van der Waals surface area contributed by atoms with Gasteiger partial charge in [0.25, 0.3) is 0 Å². The van der Waals surface area contributed by atoms with Crippen LogP contribution in [0.25, 0.3) is 0 Å². The van der Waals surface area contributed by atoms with E-state index < -0.39 is 6.10 Å². The van der Waals surface area contributed by atoms with Crippen LogP contribution in [0, 0.1) is 0 Å². The fraction of sp³-hybridized carbons (Fsp3) is 0.933. The van der Waals surface area contributed by atoms with Crippen molar-refractivity contribution in [3.05, 3.63) is 0 Å². The third-order valence-corrected chi connectivity index (χ3v) is 4.98. The number of thioether (sulfide) groups is 1. The highest BCUT2D eigenvalue weighted by Crippen LogP contribution is 2.21. The molecule has 0 unspecified atom stereocenters. The van der Waals surface area contributed by atoms with Gasteiger partial charge in [-0.1, -0.05) is 0 Å². The number of hydrogen-bond donors (Lipinski definition) is 1. The zero-order valence-corrected chi connectivity index (χ0v) is 14.0. The van der Waals surface area contributed by atoms with Crippen LogP contribution in [-0.4, -0.2) is 83.4 Å². The first-order valence-corrected chi connectivity index (χ1v) is 9.13. The molecule has 0 aromatic carbocycles. The minimum atomic E-state index is -0.516. The molecule has 0 aliphatic carbocycles. The normalized spacial score (nSPS) is 25.5. The number of likely N-dealkylation sites (tertiary alicyclic amines) is 1. The van der Waals surface area contributed by atoms with E-state index in [0.717, 1.165) is 44.0 Å². The van der Waals surface area contributed by atoms with E-state index in [2.05, 4.69) is 4.90 Å². The molecule has 0 spiro atoms. The lowest BCUT2D eigenvalue weighted by molar-refractivity contribution is -0.136. The molecule has 0 bridgehead atoms. The first-order valence-electron chi connectivity index (χ1n) is 7.98. The zero-order chi connectivity index (χ0) is 15.2. The molecule has 1 amide bonds. The van der Waals surface area contributed by atoms with E-state index >= 15 is 0 Å². The van der Waals surface area contributed by atoms with Crippen molar-refractivity contribution in [1.82, 2.24) is 9.80 Å². The van der Waals surface area contributed by atoms with Crippen molar-refractivity contribution in [2.24, 2.45) is 0 Å². The number of carbonyl (C=O) groups is 1. The summed E-state index contributed by atoms with van der Waals surface area (Å²) in [5, 5.41) is 10.1. The molecule has 0 saturated carbocycles. The quantitative estimate of drug-likeness (QED) is 0.786. The predicted octanol–water partition coefficient (Wildman–Crippen LogP) is 0.812. The molecule has 122 valence electrons. The van der Waals surface area contributed by atoms with Crippen molar-refractivity contribution >= 4 is 17.7 Å². The predicted molar refractivity (Wildman–Crippen MR) is 85.6 cm³/mol. The van der Waals surface area contributed by atoms with Gasteiger partial charge in [0.1, 0.15) is 0 Å². The highest BCUT2D eigenvalue weighted by molar-refractivity contribution is 7.99. The average molecular weight is 316 g/mol. The highest BCUT2D eigenvalue weighted by atomic mass is 32.2. The standard InChI is InChI=1S/C15H28N2O3S/c1-12(2)20-11-13(18)10-17-5-3-4-14(17)15(19)16-6-8-21-9-7-16/h12-14,18H,3-11H2,1-2H3/t13-,14-/m1/s1. The molecule has 2 heterocycles. The van der Waals surface area contributed by atoms with Gasteiger partial charge in [-0.25, -0.2) is 0 Å². The lowest BCUT2D eigenvalue weighted by atomic mass is 10.2. The molecule has 0 radical (unpaired) electrons. The Morgan fingerprint density at radius 1 is 1.33 bits per heavy atom. The summed E-state index contributed by atoms with van der Waals surface area (Å²) in [5.74, 6) is 2.34. The van der Waals surface area contributed by atoms with Crippen LogP contribution in [0.2, 0.25) is 0 Å². The molecule has 5 nitrogen and oxygen atoms in total. The second-order valence-corrected chi connectivity index (χ2v) is 7.35. The van der Waals surface area contributed by atoms with Crippen LogP contribution in [0.1, 0.15) is 26.7 Å². The van der Waals surface area contributed by atoms with E-state index in [0.29, 0.717) is 13.2 Å². The van der Waals surface area contributed by atoms with Crippen molar-refractivity contribution < 1.29 is 14.6 Å². The van der Waals surface area contributed by atoms with Crippen molar-refractivity contribution in [2.45, 2.75) is 44.9 Å². The molecule has 0 aromatic heterocycles. The second-order valence-electron chi connectivity index (χ2n) is 6.13. The molecule has 1 N–H and O–H groups in total. The second kappa shape index (κ2) is 8.36. The SMILES string of the molecule is CC(C)OC[C@H](O)CN1CCC[C@@H]1C(=O)N1CCSCC1. The van der Waals surface area contributed by atoms with Crippen molar-refractivity contribution in [2.75, 3.05) is 44.3 Å². The van der Waals surface area contributed by atoms with E-state index in [4.69, 9.17) is 4.74 Å². The summed E-state index contributed by atoms with van der Waals surface area (Å²) in [5.41, 5.74) is 0. The summed E-state index contributed by atoms with van der Waals surface area (Å²) in [6.07, 6.45) is 1.57. The third kappa shape index (κ3) is 5.13. The smallest absolute Gasteiger partial charge is 0.239 e. The first kappa shape index (κ1) is 17.1. The van der Waals surface area contributed by atoms with Crippen molar-refractivity contribution in [3.8, 4) is 0 Å². The van der Waals surface area contributed by atoms with Crippen molar-refractivity contribution in [1.29, 1.82) is 0 Å². The van der Waals surface area contributed by atoms with Crippen LogP contribution in [0.4, 0.5) is 0 Å². The Balaban J connectivity index is 1.83. The minimum absolute atomic E-state index is 0.0400. The molecular formula is C15H28N2O3S.